The normalized spacial score (nSPS) is 22.1. The van der Waals surface area contributed by atoms with E-state index in [0.717, 1.165) is 12.5 Å². The predicted octanol–water partition coefficient (Wildman–Crippen LogP) is 3.50. The summed E-state index contributed by atoms with van der Waals surface area (Å²) in [5, 5.41) is 12.9. The van der Waals surface area contributed by atoms with Crippen LogP contribution in [0.5, 0.6) is 0 Å². The average molecular weight is 272 g/mol. The molecule has 108 valence electrons. The lowest BCUT2D eigenvalue weighted by atomic mass is 9.76. The van der Waals surface area contributed by atoms with Gasteiger partial charge in [-0.1, -0.05) is 6.42 Å². The number of aliphatic hydroxyl groups excluding tert-OH is 1. The van der Waals surface area contributed by atoms with Gasteiger partial charge in [0.05, 0.1) is 6.61 Å². The Morgan fingerprint density at radius 3 is 2.80 bits per heavy atom. The minimum absolute atomic E-state index is 0.221. The van der Waals surface area contributed by atoms with Crippen LogP contribution < -0.4 is 5.32 Å². The molecule has 1 fully saturated rings. The third-order valence-corrected chi connectivity index (χ3v) is 5.35. The maximum atomic E-state index is 9.31. The van der Waals surface area contributed by atoms with Gasteiger partial charge in [-0.05, 0) is 61.2 Å². The van der Waals surface area contributed by atoms with Gasteiger partial charge < -0.3 is 15.0 Å². The molecule has 1 aliphatic heterocycles. The predicted molar refractivity (Wildman–Crippen MR) is 82.0 cm³/mol. The summed E-state index contributed by atoms with van der Waals surface area (Å²) < 4.78 is 2.25. The van der Waals surface area contributed by atoms with E-state index in [-0.39, 0.29) is 6.61 Å². The number of allylic oxidation sites excluding steroid dienone is 1. The zero-order valence-corrected chi connectivity index (χ0v) is 12.1. The van der Waals surface area contributed by atoms with E-state index in [2.05, 4.69) is 16.1 Å². The van der Waals surface area contributed by atoms with Gasteiger partial charge in [0.2, 0.25) is 0 Å². The first kappa shape index (κ1) is 12.5. The SMILES string of the molecule is OCCn1cc(C2CCC2)c2c1NCC1=C2CCCC1. The molecule has 3 aliphatic rings. The Hall–Kier alpha value is -1.22. The van der Waals surface area contributed by atoms with Crippen molar-refractivity contribution in [3.8, 4) is 0 Å². The van der Waals surface area contributed by atoms with Crippen molar-refractivity contribution in [3.63, 3.8) is 0 Å². The molecule has 0 unspecified atom stereocenters. The highest BCUT2D eigenvalue weighted by molar-refractivity contribution is 5.83. The monoisotopic (exact) mass is 272 g/mol. The second-order valence-corrected chi connectivity index (χ2v) is 6.50. The summed E-state index contributed by atoms with van der Waals surface area (Å²) in [6.07, 6.45) is 11.6. The molecule has 4 rings (SSSR count). The number of aromatic nitrogens is 1. The van der Waals surface area contributed by atoms with E-state index >= 15 is 0 Å². The Morgan fingerprint density at radius 1 is 1.20 bits per heavy atom. The van der Waals surface area contributed by atoms with E-state index in [4.69, 9.17) is 0 Å². The third kappa shape index (κ3) is 1.83. The Bertz CT molecular complexity index is 552. The lowest BCUT2D eigenvalue weighted by Gasteiger charge is -2.31. The number of aliphatic hydroxyl groups is 1. The minimum Gasteiger partial charge on any atom is -0.395 e. The molecule has 0 spiro atoms. The Balaban J connectivity index is 1.83. The lowest BCUT2D eigenvalue weighted by Crippen LogP contribution is -2.20. The summed E-state index contributed by atoms with van der Waals surface area (Å²) in [4.78, 5) is 0. The van der Waals surface area contributed by atoms with Gasteiger partial charge in [-0.15, -0.1) is 0 Å². The number of hydrogen-bond donors (Lipinski definition) is 2. The minimum atomic E-state index is 0.221. The molecule has 1 aromatic rings. The fourth-order valence-electron chi connectivity index (χ4n) is 4.05. The van der Waals surface area contributed by atoms with Gasteiger partial charge in [0.25, 0.3) is 0 Å². The molecule has 2 heterocycles. The van der Waals surface area contributed by atoms with Gasteiger partial charge in [-0.2, -0.15) is 0 Å². The highest BCUT2D eigenvalue weighted by Crippen LogP contribution is 2.48. The molecule has 1 aromatic heterocycles. The number of nitrogens with one attached hydrogen (secondary N) is 1. The number of nitrogens with zero attached hydrogens (tertiary/aromatic N) is 1. The van der Waals surface area contributed by atoms with Gasteiger partial charge in [-0.3, -0.25) is 0 Å². The number of anilines is 1. The lowest BCUT2D eigenvalue weighted by molar-refractivity contribution is 0.277. The maximum absolute atomic E-state index is 9.31. The summed E-state index contributed by atoms with van der Waals surface area (Å²) in [5.74, 6) is 2.04. The second kappa shape index (κ2) is 4.96. The maximum Gasteiger partial charge on any atom is 0.114 e. The van der Waals surface area contributed by atoms with Crippen LogP contribution in [0.15, 0.2) is 11.8 Å². The highest BCUT2D eigenvalue weighted by atomic mass is 16.3. The molecule has 0 atom stereocenters. The fraction of sp³-hybridized carbons (Fsp3) is 0.647. The molecule has 0 bridgehead atoms. The molecule has 20 heavy (non-hydrogen) atoms. The van der Waals surface area contributed by atoms with Crippen LogP contribution in [0.3, 0.4) is 0 Å². The van der Waals surface area contributed by atoms with Gasteiger partial charge in [0, 0.05) is 24.8 Å². The van der Waals surface area contributed by atoms with Crippen molar-refractivity contribution in [1.29, 1.82) is 0 Å². The molecule has 3 nitrogen and oxygen atoms in total. The first-order chi connectivity index (χ1) is 9.88. The molecular weight excluding hydrogens is 248 g/mol. The van der Waals surface area contributed by atoms with E-state index in [1.807, 2.05) is 0 Å². The van der Waals surface area contributed by atoms with Crippen molar-refractivity contribution in [2.75, 3.05) is 18.5 Å². The van der Waals surface area contributed by atoms with Gasteiger partial charge in [-0.25, -0.2) is 0 Å². The van der Waals surface area contributed by atoms with Crippen molar-refractivity contribution in [2.45, 2.75) is 57.4 Å². The van der Waals surface area contributed by atoms with Gasteiger partial charge in [0.15, 0.2) is 0 Å². The van der Waals surface area contributed by atoms with E-state index in [1.54, 1.807) is 16.7 Å². The zero-order chi connectivity index (χ0) is 13.5. The molecule has 2 N–H and O–H groups in total. The largest absolute Gasteiger partial charge is 0.395 e. The molecule has 0 aromatic carbocycles. The summed E-state index contributed by atoms with van der Waals surface area (Å²) in [5.41, 5.74) is 6.36. The first-order valence-corrected chi connectivity index (χ1v) is 8.17. The van der Waals surface area contributed by atoms with Crippen LogP contribution in [0.2, 0.25) is 0 Å². The highest BCUT2D eigenvalue weighted by Gasteiger charge is 2.31. The smallest absolute Gasteiger partial charge is 0.114 e. The first-order valence-electron chi connectivity index (χ1n) is 8.17. The molecule has 0 amide bonds. The van der Waals surface area contributed by atoms with Gasteiger partial charge >= 0.3 is 0 Å². The average Bonchev–Trinajstić information content (AvgIpc) is 2.77. The van der Waals surface area contributed by atoms with E-state index < -0.39 is 0 Å². The van der Waals surface area contributed by atoms with Crippen LogP contribution in [0.25, 0.3) is 5.57 Å². The second-order valence-electron chi connectivity index (χ2n) is 6.50. The zero-order valence-electron chi connectivity index (χ0n) is 12.1. The molecular formula is C17H24N2O. The van der Waals surface area contributed by atoms with Crippen LogP contribution in [0.4, 0.5) is 5.82 Å². The van der Waals surface area contributed by atoms with Crippen LogP contribution in [-0.4, -0.2) is 22.8 Å². The Labute approximate surface area is 120 Å². The third-order valence-electron chi connectivity index (χ3n) is 5.35. The molecule has 1 saturated carbocycles. The van der Waals surface area contributed by atoms with Crippen molar-refractivity contribution in [2.24, 2.45) is 0 Å². The Morgan fingerprint density at radius 2 is 2.05 bits per heavy atom. The van der Waals surface area contributed by atoms with E-state index in [9.17, 15) is 5.11 Å². The van der Waals surface area contributed by atoms with E-state index in [0.29, 0.717) is 6.54 Å². The van der Waals surface area contributed by atoms with E-state index in [1.165, 1.54) is 56.3 Å². The number of hydrogen-bond acceptors (Lipinski definition) is 2. The quantitative estimate of drug-likeness (QED) is 0.883. The molecule has 0 saturated heterocycles. The topological polar surface area (TPSA) is 37.2 Å². The van der Waals surface area contributed by atoms with Crippen LogP contribution in [0.1, 0.15) is 62.0 Å². The molecule has 3 heteroatoms. The van der Waals surface area contributed by atoms with Crippen molar-refractivity contribution in [1.82, 2.24) is 4.57 Å². The summed E-state index contributed by atoms with van der Waals surface area (Å²) in [6, 6.07) is 0. The number of fused-ring (bicyclic) bond motifs is 2. The van der Waals surface area contributed by atoms with Crippen molar-refractivity contribution >= 4 is 11.4 Å². The van der Waals surface area contributed by atoms with Crippen molar-refractivity contribution < 1.29 is 5.11 Å². The fourth-order valence-corrected chi connectivity index (χ4v) is 4.05. The molecule has 0 radical (unpaired) electrons. The van der Waals surface area contributed by atoms with Crippen LogP contribution in [-0.2, 0) is 6.54 Å². The van der Waals surface area contributed by atoms with Crippen LogP contribution in [0, 0.1) is 0 Å². The Kier molecular flexibility index (Phi) is 3.10. The molecule has 2 aliphatic carbocycles. The number of rotatable bonds is 3. The summed E-state index contributed by atoms with van der Waals surface area (Å²) in [6.45, 7) is 1.95. The summed E-state index contributed by atoms with van der Waals surface area (Å²) >= 11 is 0. The van der Waals surface area contributed by atoms with Crippen LogP contribution >= 0.6 is 0 Å². The van der Waals surface area contributed by atoms with Crippen molar-refractivity contribution in [3.05, 3.63) is 22.9 Å². The van der Waals surface area contributed by atoms with Gasteiger partial charge in [0.1, 0.15) is 5.82 Å². The summed E-state index contributed by atoms with van der Waals surface area (Å²) in [7, 11) is 0. The standard InChI is InChI=1S/C17H24N2O/c20-9-8-19-11-15(12-5-3-6-12)16-14-7-2-1-4-13(14)10-18-17(16)19/h11-12,18,20H,1-10H2.